The predicted molar refractivity (Wildman–Crippen MR) is 90.5 cm³/mol. The van der Waals surface area contributed by atoms with Crippen LogP contribution >= 0.6 is 0 Å². The molecular formula is C19H20N2O2. The van der Waals surface area contributed by atoms with Crippen LogP contribution in [0.1, 0.15) is 22.7 Å². The van der Waals surface area contributed by atoms with Gasteiger partial charge in [0.05, 0.1) is 26.8 Å². The van der Waals surface area contributed by atoms with Crippen LogP contribution in [0.5, 0.6) is 11.5 Å². The van der Waals surface area contributed by atoms with Crippen molar-refractivity contribution in [2.24, 2.45) is 4.99 Å². The van der Waals surface area contributed by atoms with Gasteiger partial charge in [-0.15, -0.1) is 0 Å². The fraction of sp³-hybridized carbons (Fsp3) is 0.316. The highest BCUT2D eigenvalue weighted by Gasteiger charge is 2.35. The lowest BCUT2D eigenvalue weighted by Crippen LogP contribution is -2.37. The van der Waals surface area contributed by atoms with Crippen molar-refractivity contribution in [3.05, 3.63) is 59.2 Å². The Kier molecular flexibility index (Phi) is 3.45. The van der Waals surface area contributed by atoms with Crippen molar-refractivity contribution in [1.29, 1.82) is 0 Å². The average Bonchev–Trinajstić information content (AvgIpc) is 3.05. The highest BCUT2D eigenvalue weighted by atomic mass is 16.5. The number of ether oxygens (including phenoxy) is 2. The summed E-state index contributed by atoms with van der Waals surface area (Å²) >= 11 is 0. The Morgan fingerprint density at radius 3 is 2.52 bits per heavy atom. The Morgan fingerprint density at radius 2 is 1.78 bits per heavy atom. The molecule has 0 aromatic heterocycles. The third kappa shape index (κ3) is 2.25. The summed E-state index contributed by atoms with van der Waals surface area (Å²) in [5, 5.41) is 0. The van der Waals surface area contributed by atoms with Crippen molar-refractivity contribution < 1.29 is 9.47 Å². The first-order chi connectivity index (χ1) is 11.3. The van der Waals surface area contributed by atoms with Gasteiger partial charge in [0.25, 0.3) is 0 Å². The van der Waals surface area contributed by atoms with Gasteiger partial charge in [-0.05, 0) is 29.7 Å². The molecule has 4 nitrogen and oxygen atoms in total. The lowest BCUT2D eigenvalue weighted by atomic mass is 9.92. The van der Waals surface area contributed by atoms with E-state index in [-0.39, 0.29) is 0 Å². The van der Waals surface area contributed by atoms with E-state index in [4.69, 9.17) is 14.5 Å². The molecule has 0 amide bonds. The van der Waals surface area contributed by atoms with Crippen LogP contribution in [-0.2, 0) is 6.42 Å². The molecule has 1 atom stereocenters. The molecule has 0 saturated carbocycles. The van der Waals surface area contributed by atoms with Gasteiger partial charge in [-0.1, -0.05) is 30.3 Å². The quantitative estimate of drug-likeness (QED) is 0.874. The summed E-state index contributed by atoms with van der Waals surface area (Å²) in [5.41, 5.74) is 3.84. The van der Waals surface area contributed by atoms with Crippen molar-refractivity contribution in [2.45, 2.75) is 12.5 Å². The zero-order valence-electron chi connectivity index (χ0n) is 13.5. The second-order valence-corrected chi connectivity index (χ2v) is 5.90. The van der Waals surface area contributed by atoms with Crippen LogP contribution in [0.2, 0.25) is 0 Å². The summed E-state index contributed by atoms with van der Waals surface area (Å²) in [6, 6.07) is 15.0. The van der Waals surface area contributed by atoms with E-state index in [1.54, 1.807) is 14.2 Å². The number of aliphatic imine (C=N–C) groups is 1. The molecule has 2 aromatic carbocycles. The van der Waals surface area contributed by atoms with Crippen molar-refractivity contribution in [1.82, 2.24) is 4.90 Å². The number of amidine groups is 1. The first-order valence-electron chi connectivity index (χ1n) is 7.93. The first kappa shape index (κ1) is 14.1. The fourth-order valence-electron chi connectivity index (χ4n) is 3.59. The van der Waals surface area contributed by atoms with E-state index in [2.05, 4.69) is 41.3 Å². The van der Waals surface area contributed by atoms with Gasteiger partial charge < -0.3 is 14.4 Å². The van der Waals surface area contributed by atoms with Crippen molar-refractivity contribution >= 4 is 5.84 Å². The second-order valence-electron chi connectivity index (χ2n) is 5.90. The highest BCUT2D eigenvalue weighted by Crippen LogP contribution is 2.40. The van der Waals surface area contributed by atoms with Crippen molar-refractivity contribution in [2.75, 3.05) is 27.3 Å². The molecule has 1 unspecified atom stereocenters. The molecule has 2 aromatic rings. The number of methoxy groups -OCH3 is 2. The molecule has 0 spiro atoms. The minimum absolute atomic E-state index is 0.300. The number of benzene rings is 2. The molecule has 2 aliphatic heterocycles. The van der Waals surface area contributed by atoms with Crippen molar-refractivity contribution in [3.8, 4) is 11.5 Å². The van der Waals surface area contributed by atoms with Crippen LogP contribution in [0.25, 0.3) is 0 Å². The molecule has 0 aliphatic carbocycles. The Labute approximate surface area is 136 Å². The molecule has 2 aliphatic rings. The third-order valence-electron chi connectivity index (χ3n) is 4.72. The molecule has 0 radical (unpaired) electrons. The number of nitrogens with zero attached hydrogens (tertiary/aromatic N) is 2. The SMILES string of the molecule is COc1cc2c(cc1OC)C1CN=C(c3ccccc3)N1CC2. The van der Waals surface area contributed by atoms with E-state index in [1.165, 1.54) is 16.7 Å². The Bertz CT molecular complexity index is 755. The monoisotopic (exact) mass is 308 g/mol. The maximum Gasteiger partial charge on any atom is 0.161 e. The third-order valence-corrected chi connectivity index (χ3v) is 4.72. The van der Waals surface area contributed by atoms with E-state index >= 15 is 0 Å². The number of rotatable bonds is 3. The molecule has 4 heteroatoms. The smallest absolute Gasteiger partial charge is 0.161 e. The van der Waals surface area contributed by atoms with Gasteiger partial charge in [-0.3, -0.25) is 4.99 Å². The van der Waals surface area contributed by atoms with Gasteiger partial charge >= 0.3 is 0 Å². The Hall–Kier alpha value is -2.49. The second kappa shape index (κ2) is 5.61. The molecule has 23 heavy (non-hydrogen) atoms. The van der Waals surface area contributed by atoms with E-state index in [0.29, 0.717) is 6.04 Å². The Balaban J connectivity index is 1.71. The lowest BCUT2D eigenvalue weighted by Gasteiger charge is -2.34. The summed E-state index contributed by atoms with van der Waals surface area (Å²) in [4.78, 5) is 7.24. The minimum Gasteiger partial charge on any atom is -0.493 e. The zero-order valence-corrected chi connectivity index (χ0v) is 13.5. The fourth-order valence-corrected chi connectivity index (χ4v) is 3.59. The molecule has 0 fully saturated rings. The molecule has 4 rings (SSSR count). The normalized spacial score (nSPS) is 19.0. The predicted octanol–water partition coefficient (Wildman–Crippen LogP) is 3.06. The maximum absolute atomic E-state index is 5.48. The topological polar surface area (TPSA) is 34.1 Å². The van der Waals surface area contributed by atoms with Crippen LogP contribution in [0.15, 0.2) is 47.5 Å². The number of hydrogen-bond acceptors (Lipinski definition) is 4. The maximum atomic E-state index is 5.48. The lowest BCUT2D eigenvalue weighted by molar-refractivity contribution is 0.322. The van der Waals surface area contributed by atoms with Crippen LogP contribution in [0.4, 0.5) is 0 Å². The first-order valence-corrected chi connectivity index (χ1v) is 7.93. The van der Waals surface area contributed by atoms with E-state index in [9.17, 15) is 0 Å². The summed E-state index contributed by atoms with van der Waals surface area (Å²) in [7, 11) is 3.37. The van der Waals surface area contributed by atoms with E-state index < -0.39 is 0 Å². The van der Waals surface area contributed by atoms with Gasteiger partial charge in [0.2, 0.25) is 0 Å². The van der Waals surface area contributed by atoms with Gasteiger partial charge in [-0.2, -0.15) is 0 Å². The zero-order chi connectivity index (χ0) is 15.8. The summed E-state index contributed by atoms with van der Waals surface area (Å²) in [6.45, 7) is 1.79. The molecule has 2 heterocycles. The largest absolute Gasteiger partial charge is 0.493 e. The van der Waals surface area contributed by atoms with Gasteiger partial charge in [0.15, 0.2) is 11.5 Å². The van der Waals surface area contributed by atoms with Crippen LogP contribution in [0, 0.1) is 0 Å². The van der Waals surface area contributed by atoms with Gasteiger partial charge in [0.1, 0.15) is 5.84 Å². The molecule has 0 saturated heterocycles. The molecular weight excluding hydrogens is 288 g/mol. The van der Waals surface area contributed by atoms with Crippen LogP contribution < -0.4 is 9.47 Å². The summed E-state index contributed by atoms with van der Waals surface area (Å²) in [6.07, 6.45) is 0.998. The Morgan fingerprint density at radius 1 is 1.04 bits per heavy atom. The van der Waals surface area contributed by atoms with Crippen LogP contribution in [-0.4, -0.2) is 38.0 Å². The van der Waals surface area contributed by atoms with E-state index in [0.717, 1.165) is 36.8 Å². The van der Waals surface area contributed by atoms with Gasteiger partial charge in [0, 0.05) is 12.1 Å². The highest BCUT2D eigenvalue weighted by molar-refractivity contribution is 6.00. The van der Waals surface area contributed by atoms with Crippen molar-refractivity contribution in [3.63, 3.8) is 0 Å². The summed E-state index contributed by atoms with van der Waals surface area (Å²) < 4.78 is 10.9. The standard InChI is InChI=1S/C19H20N2O2/c1-22-17-10-14-8-9-21-16(15(14)11-18(17)23-2)12-20-19(21)13-6-4-3-5-7-13/h3-7,10-11,16H,8-9,12H2,1-2H3. The summed E-state index contributed by atoms with van der Waals surface area (Å²) in [5.74, 6) is 2.71. The van der Waals surface area contributed by atoms with E-state index in [1.807, 2.05) is 6.07 Å². The van der Waals surface area contributed by atoms with Crippen LogP contribution in [0.3, 0.4) is 0 Å². The average molecular weight is 308 g/mol. The molecule has 0 bridgehead atoms. The number of hydrogen-bond donors (Lipinski definition) is 0. The number of fused-ring (bicyclic) bond motifs is 3. The molecule has 0 N–H and O–H groups in total. The van der Waals surface area contributed by atoms with Gasteiger partial charge in [-0.25, -0.2) is 0 Å². The minimum atomic E-state index is 0.300. The molecule has 118 valence electrons.